The van der Waals surface area contributed by atoms with Gasteiger partial charge in [-0.05, 0) is 0 Å². The number of nitrogens with zero attached hydrogens (tertiary/aromatic N) is 2. The fourth-order valence-electron chi connectivity index (χ4n) is 0.817. The lowest BCUT2D eigenvalue weighted by Crippen LogP contribution is -2.25. The Hall–Kier alpha value is -1.22. The highest BCUT2D eigenvalue weighted by Crippen LogP contribution is 2.20. The summed E-state index contributed by atoms with van der Waals surface area (Å²) >= 11 is 0. The van der Waals surface area contributed by atoms with Gasteiger partial charge >= 0.3 is 13.5 Å². The summed E-state index contributed by atoms with van der Waals surface area (Å²) in [7, 11) is -2.17. The van der Waals surface area contributed by atoms with Crippen LogP contribution in [0.1, 0.15) is 0 Å². The zero-order chi connectivity index (χ0) is 10.8. The molecule has 1 aromatic heterocycles. The first-order valence-corrected chi connectivity index (χ1v) is 3.50. The molecule has 0 saturated heterocycles. The van der Waals surface area contributed by atoms with Crippen LogP contribution in [-0.2, 0) is 6.54 Å². The molecule has 1 aromatic rings. The molecule has 0 saturated carbocycles. The average Bonchev–Trinajstić information content (AvgIpc) is 2.32. The Balaban J connectivity index is 2.72. The molecule has 2 N–H and O–H groups in total. The van der Waals surface area contributed by atoms with Crippen molar-refractivity contribution in [3.63, 3.8) is 0 Å². The first-order valence-electron chi connectivity index (χ1n) is 3.50. The lowest BCUT2D eigenvalue weighted by atomic mass is 10.3. The summed E-state index contributed by atoms with van der Waals surface area (Å²) in [6, 6.07) is 1.09. The van der Waals surface area contributed by atoms with Crippen LogP contribution in [0.5, 0.6) is 5.88 Å². The molecule has 0 fully saturated rings. The van der Waals surface area contributed by atoms with Gasteiger partial charge in [-0.1, -0.05) is 0 Å². The summed E-state index contributed by atoms with van der Waals surface area (Å²) in [6.45, 7) is -1.35. The van der Waals surface area contributed by atoms with Gasteiger partial charge in [-0.15, -0.1) is 0 Å². The minimum absolute atomic E-state index is 0.364. The van der Waals surface area contributed by atoms with Gasteiger partial charge in [-0.25, -0.2) is 4.68 Å². The first kappa shape index (κ1) is 10.9. The van der Waals surface area contributed by atoms with Crippen molar-refractivity contribution in [3.8, 4) is 5.88 Å². The summed E-state index contributed by atoms with van der Waals surface area (Å²) < 4.78 is 40.4. The Kier molecular flexibility index (Phi) is 3.01. The summed E-state index contributed by atoms with van der Waals surface area (Å²) in [6.07, 6.45) is -3.38. The number of rotatable bonds is 3. The van der Waals surface area contributed by atoms with Crippen LogP contribution < -0.4 is 4.65 Å². The summed E-state index contributed by atoms with van der Waals surface area (Å²) in [5.74, 6) is -0.364. The molecule has 9 heteroatoms. The molecule has 1 heterocycles. The normalized spacial score (nSPS) is 11.5. The molecule has 14 heavy (non-hydrogen) atoms. The highest BCUT2D eigenvalue weighted by Gasteiger charge is 2.30. The van der Waals surface area contributed by atoms with E-state index in [4.69, 9.17) is 10.0 Å². The number of aromatic nitrogens is 2. The first-order chi connectivity index (χ1) is 6.38. The molecule has 0 unspecified atom stereocenters. The molecule has 0 amide bonds. The van der Waals surface area contributed by atoms with E-state index in [0.29, 0.717) is 4.68 Å². The molecule has 1 rings (SSSR count). The van der Waals surface area contributed by atoms with E-state index in [1.54, 1.807) is 0 Å². The number of alkyl halides is 3. The molecule has 0 aromatic carbocycles. The van der Waals surface area contributed by atoms with Crippen molar-refractivity contribution in [2.45, 2.75) is 12.7 Å². The number of halogens is 3. The standard InChI is InChI=1S/C5H6BF3N2O3/c7-5(8,9)3-11-4(1-2-10-11)14-6(12)13/h1-2,12-13H,3H2. The summed E-state index contributed by atoms with van der Waals surface area (Å²) in [5.41, 5.74) is 0. The number of hydrogen-bond acceptors (Lipinski definition) is 4. The monoisotopic (exact) mass is 210 g/mol. The van der Waals surface area contributed by atoms with E-state index in [9.17, 15) is 13.2 Å². The van der Waals surface area contributed by atoms with Gasteiger partial charge in [-0.3, -0.25) is 0 Å². The summed E-state index contributed by atoms with van der Waals surface area (Å²) in [5, 5.41) is 20.0. The van der Waals surface area contributed by atoms with Crippen LogP contribution in [0.25, 0.3) is 0 Å². The molecular weight excluding hydrogens is 204 g/mol. The van der Waals surface area contributed by atoms with Gasteiger partial charge in [0.2, 0.25) is 0 Å². The Morgan fingerprint density at radius 1 is 1.50 bits per heavy atom. The molecule has 0 aliphatic rings. The molecule has 0 aliphatic carbocycles. The SMILES string of the molecule is OB(O)Oc1ccnn1CC(F)(F)F. The van der Waals surface area contributed by atoms with Crippen molar-refractivity contribution >= 4 is 7.32 Å². The minimum atomic E-state index is -4.44. The van der Waals surface area contributed by atoms with Gasteiger partial charge in [0.1, 0.15) is 6.54 Å². The Labute approximate surface area is 76.9 Å². The zero-order valence-electron chi connectivity index (χ0n) is 6.77. The maximum absolute atomic E-state index is 11.9. The highest BCUT2D eigenvalue weighted by atomic mass is 19.4. The molecule has 0 atom stereocenters. The van der Waals surface area contributed by atoms with Crippen molar-refractivity contribution in [1.82, 2.24) is 9.78 Å². The van der Waals surface area contributed by atoms with E-state index < -0.39 is 20.0 Å². The van der Waals surface area contributed by atoms with E-state index >= 15 is 0 Å². The average molecular weight is 210 g/mol. The van der Waals surface area contributed by atoms with Gasteiger partial charge < -0.3 is 14.7 Å². The van der Waals surface area contributed by atoms with Crippen LogP contribution in [-0.4, -0.2) is 33.3 Å². The van der Waals surface area contributed by atoms with E-state index in [1.165, 1.54) is 0 Å². The van der Waals surface area contributed by atoms with E-state index in [0.717, 1.165) is 12.3 Å². The minimum Gasteiger partial charge on any atom is -0.498 e. The van der Waals surface area contributed by atoms with Gasteiger partial charge in [0.25, 0.3) is 0 Å². The molecule has 0 aliphatic heterocycles. The van der Waals surface area contributed by atoms with Crippen LogP contribution in [0.2, 0.25) is 0 Å². The Bertz CT molecular complexity index is 301. The lowest BCUT2D eigenvalue weighted by Gasteiger charge is -2.10. The fraction of sp³-hybridized carbons (Fsp3) is 0.400. The van der Waals surface area contributed by atoms with Crippen LogP contribution in [0, 0.1) is 0 Å². The topological polar surface area (TPSA) is 67.5 Å². The maximum Gasteiger partial charge on any atom is 0.708 e. The van der Waals surface area contributed by atoms with Crippen LogP contribution in [0.3, 0.4) is 0 Å². The fourth-order valence-corrected chi connectivity index (χ4v) is 0.817. The molecule has 0 radical (unpaired) electrons. The third kappa shape index (κ3) is 3.26. The second kappa shape index (κ2) is 3.88. The third-order valence-corrected chi connectivity index (χ3v) is 1.23. The maximum atomic E-state index is 11.9. The smallest absolute Gasteiger partial charge is 0.498 e. The van der Waals surface area contributed by atoms with Crippen molar-refractivity contribution in [2.75, 3.05) is 0 Å². The quantitative estimate of drug-likeness (QED) is 0.677. The van der Waals surface area contributed by atoms with Crippen LogP contribution >= 0.6 is 0 Å². The zero-order valence-corrected chi connectivity index (χ0v) is 6.77. The Morgan fingerprint density at radius 3 is 2.64 bits per heavy atom. The molecule has 5 nitrogen and oxygen atoms in total. The van der Waals surface area contributed by atoms with Crippen molar-refractivity contribution in [3.05, 3.63) is 12.3 Å². The van der Waals surface area contributed by atoms with Crippen molar-refractivity contribution in [2.24, 2.45) is 0 Å². The molecule has 0 spiro atoms. The molecular formula is C5H6BF3N2O3. The molecule has 0 bridgehead atoms. The van der Waals surface area contributed by atoms with Crippen molar-refractivity contribution in [1.29, 1.82) is 0 Å². The van der Waals surface area contributed by atoms with E-state index in [1.807, 2.05) is 0 Å². The highest BCUT2D eigenvalue weighted by molar-refractivity contribution is 6.33. The van der Waals surface area contributed by atoms with E-state index in [2.05, 4.69) is 9.75 Å². The molecule has 78 valence electrons. The Morgan fingerprint density at radius 2 is 2.14 bits per heavy atom. The van der Waals surface area contributed by atoms with Gasteiger partial charge in [0.05, 0.1) is 6.20 Å². The largest absolute Gasteiger partial charge is 0.708 e. The van der Waals surface area contributed by atoms with Crippen LogP contribution in [0.15, 0.2) is 12.3 Å². The van der Waals surface area contributed by atoms with Gasteiger partial charge in [0, 0.05) is 6.07 Å². The third-order valence-electron chi connectivity index (χ3n) is 1.23. The van der Waals surface area contributed by atoms with E-state index in [-0.39, 0.29) is 5.88 Å². The second-order valence-corrected chi connectivity index (χ2v) is 2.39. The van der Waals surface area contributed by atoms with Crippen molar-refractivity contribution < 1.29 is 27.9 Å². The lowest BCUT2D eigenvalue weighted by molar-refractivity contribution is -0.143. The summed E-state index contributed by atoms with van der Waals surface area (Å²) in [4.78, 5) is 0. The predicted molar refractivity (Wildman–Crippen MR) is 39.1 cm³/mol. The van der Waals surface area contributed by atoms with Gasteiger partial charge in [-0.2, -0.15) is 18.3 Å². The second-order valence-electron chi connectivity index (χ2n) is 2.39. The predicted octanol–water partition coefficient (Wildman–Crippen LogP) is -0.206. The number of hydrogen-bond donors (Lipinski definition) is 2. The van der Waals surface area contributed by atoms with Crippen LogP contribution in [0.4, 0.5) is 13.2 Å². The van der Waals surface area contributed by atoms with Gasteiger partial charge in [0.15, 0.2) is 5.88 Å².